The normalized spacial score (nSPS) is 20.3. The minimum absolute atomic E-state index is 0.479. The van der Waals surface area contributed by atoms with E-state index in [9.17, 15) is 0 Å². The number of likely N-dealkylation sites (tertiary alicyclic amines) is 1. The number of methoxy groups -OCH3 is 1. The summed E-state index contributed by atoms with van der Waals surface area (Å²) in [6.07, 6.45) is 2.48. The molecule has 0 bridgehead atoms. The van der Waals surface area contributed by atoms with Gasteiger partial charge in [-0.05, 0) is 68.1 Å². The van der Waals surface area contributed by atoms with Crippen LogP contribution in [0.2, 0.25) is 0 Å². The van der Waals surface area contributed by atoms with E-state index in [0.29, 0.717) is 25.1 Å². The molecule has 1 aromatic heterocycles. The van der Waals surface area contributed by atoms with Crippen LogP contribution < -0.4 is 20.1 Å². The first kappa shape index (κ1) is 21.5. The van der Waals surface area contributed by atoms with Gasteiger partial charge in [-0.2, -0.15) is 0 Å². The molecule has 6 nitrogen and oxygen atoms in total. The third kappa shape index (κ3) is 6.11. The van der Waals surface area contributed by atoms with Crippen molar-refractivity contribution in [2.24, 2.45) is 10.9 Å². The van der Waals surface area contributed by atoms with Crippen molar-refractivity contribution in [3.05, 3.63) is 46.7 Å². The molecule has 2 atom stereocenters. The van der Waals surface area contributed by atoms with E-state index in [2.05, 4.69) is 45.1 Å². The second-order valence-electron chi connectivity index (χ2n) is 7.25. The number of benzene rings is 1. The predicted molar refractivity (Wildman–Crippen MR) is 120 cm³/mol. The van der Waals surface area contributed by atoms with E-state index in [1.54, 1.807) is 7.11 Å². The number of nitrogens with one attached hydrogen (secondary N) is 2. The van der Waals surface area contributed by atoms with E-state index in [-0.39, 0.29) is 0 Å². The molecule has 2 aromatic rings. The number of aliphatic imine (C=N–C) groups is 1. The summed E-state index contributed by atoms with van der Waals surface area (Å²) in [5.41, 5.74) is 0. The van der Waals surface area contributed by atoms with Gasteiger partial charge in [0.25, 0.3) is 0 Å². The zero-order valence-electron chi connectivity index (χ0n) is 17.6. The smallest absolute Gasteiger partial charge is 0.191 e. The highest BCUT2D eigenvalue weighted by Gasteiger charge is 2.31. The lowest BCUT2D eigenvalue weighted by Gasteiger charge is -2.39. The summed E-state index contributed by atoms with van der Waals surface area (Å²) in [5.74, 6) is 3.05. The van der Waals surface area contributed by atoms with Crippen LogP contribution in [0.4, 0.5) is 0 Å². The molecule has 0 saturated carbocycles. The van der Waals surface area contributed by atoms with Gasteiger partial charge < -0.3 is 20.1 Å². The Morgan fingerprint density at radius 1 is 1.21 bits per heavy atom. The maximum atomic E-state index is 5.77. The van der Waals surface area contributed by atoms with Crippen LogP contribution in [0, 0.1) is 5.92 Å². The van der Waals surface area contributed by atoms with Crippen LogP contribution in [0.25, 0.3) is 0 Å². The molecule has 2 heterocycles. The van der Waals surface area contributed by atoms with E-state index in [4.69, 9.17) is 9.47 Å². The summed E-state index contributed by atoms with van der Waals surface area (Å²) in [4.78, 5) is 8.30. The number of piperidine rings is 1. The quantitative estimate of drug-likeness (QED) is 0.392. The summed E-state index contributed by atoms with van der Waals surface area (Å²) >= 11 is 1.85. The maximum Gasteiger partial charge on any atom is 0.191 e. The van der Waals surface area contributed by atoms with Crippen LogP contribution in [0.3, 0.4) is 0 Å². The number of thiophene rings is 1. The average molecular weight is 417 g/mol. The monoisotopic (exact) mass is 416 g/mol. The van der Waals surface area contributed by atoms with Gasteiger partial charge in [-0.15, -0.1) is 11.3 Å². The van der Waals surface area contributed by atoms with Gasteiger partial charge in [0, 0.05) is 24.5 Å². The third-order valence-electron chi connectivity index (χ3n) is 5.32. The molecular formula is C22H32N4O2S. The fourth-order valence-corrected chi connectivity index (χ4v) is 4.82. The topological polar surface area (TPSA) is 58.1 Å². The highest BCUT2D eigenvalue weighted by Crippen LogP contribution is 2.36. The number of hydrogen-bond donors (Lipinski definition) is 2. The van der Waals surface area contributed by atoms with Crippen molar-refractivity contribution >= 4 is 17.3 Å². The molecule has 0 spiro atoms. The van der Waals surface area contributed by atoms with E-state index < -0.39 is 0 Å². The van der Waals surface area contributed by atoms with Gasteiger partial charge in [0.15, 0.2) is 5.96 Å². The van der Waals surface area contributed by atoms with Crippen molar-refractivity contribution in [1.29, 1.82) is 0 Å². The van der Waals surface area contributed by atoms with Crippen LogP contribution in [0.5, 0.6) is 11.5 Å². The lowest BCUT2D eigenvalue weighted by atomic mass is 9.88. The fraction of sp³-hybridized carbons (Fsp3) is 0.500. The second-order valence-corrected chi connectivity index (χ2v) is 8.23. The molecule has 0 radical (unpaired) electrons. The molecule has 0 aliphatic carbocycles. The standard InChI is InChI=1S/C22H32N4O2S/c1-23-22(24-12-14-28-19-10-8-18(27-3)9-11-19)25-16-17-6-4-13-26(2)21(17)20-7-5-15-29-20/h5,7-11,15,17,21H,4,6,12-14,16H2,1-3H3,(H2,23,24,25). The highest BCUT2D eigenvalue weighted by molar-refractivity contribution is 7.10. The summed E-state index contributed by atoms with van der Waals surface area (Å²) < 4.78 is 10.9. The van der Waals surface area contributed by atoms with Gasteiger partial charge in [0.05, 0.1) is 13.7 Å². The number of guanidine groups is 1. The zero-order valence-corrected chi connectivity index (χ0v) is 18.4. The molecule has 158 valence electrons. The van der Waals surface area contributed by atoms with Gasteiger partial charge in [-0.3, -0.25) is 9.89 Å². The van der Waals surface area contributed by atoms with Crippen LogP contribution in [0.15, 0.2) is 46.8 Å². The Hall–Kier alpha value is -2.25. The minimum Gasteiger partial charge on any atom is -0.497 e. The first-order valence-corrected chi connectivity index (χ1v) is 11.0. The Labute approximate surface area is 177 Å². The fourth-order valence-electron chi connectivity index (χ4n) is 3.84. The molecule has 1 aliphatic rings. The average Bonchev–Trinajstić information content (AvgIpc) is 3.28. The van der Waals surface area contributed by atoms with Crippen LogP contribution >= 0.6 is 11.3 Å². The lowest BCUT2D eigenvalue weighted by Crippen LogP contribution is -2.45. The highest BCUT2D eigenvalue weighted by atomic mass is 32.1. The number of ether oxygens (including phenoxy) is 2. The van der Waals surface area contributed by atoms with Crippen LogP contribution in [-0.4, -0.2) is 58.3 Å². The zero-order chi connectivity index (χ0) is 20.5. The minimum atomic E-state index is 0.479. The number of rotatable bonds is 8. The van der Waals surface area contributed by atoms with Crippen molar-refractivity contribution in [3.63, 3.8) is 0 Å². The molecule has 1 aliphatic heterocycles. The van der Waals surface area contributed by atoms with Crippen LogP contribution in [0.1, 0.15) is 23.8 Å². The summed E-state index contributed by atoms with van der Waals surface area (Å²) in [7, 11) is 5.70. The second kappa shape index (κ2) is 11.1. The van der Waals surface area contributed by atoms with Gasteiger partial charge in [0.1, 0.15) is 18.1 Å². The van der Waals surface area contributed by atoms with E-state index in [1.807, 2.05) is 42.6 Å². The molecule has 7 heteroatoms. The first-order chi connectivity index (χ1) is 14.2. The first-order valence-electron chi connectivity index (χ1n) is 10.2. The van der Waals surface area contributed by atoms with Crippen molar-refractivity contribution in [1.82, 2.24) is 15.5 Å². The van der Waals surface area contributed by atoms with Crippen molar-refractivity contribution in [2.75, 3.05) is 47.4 Å². The number of nitrogens with zero attached hydrogens (tertiary/aromatic N) is 2. The predicted octanol–water partition coefficient (Wildman–Crippen LogP) is 3.38. The summed E-state index contributed by atoms with van der Waals surface area (Å²) in [6.45, 7) is 3.32. The molecule has 1 saturated heterocycles. The summed E-state index contributed by atoms with van der Waals surface area (Å²) in [6, 6.07) is 12.5. The van der Waals surface area contributed by atoms with Crippen molar-refractivity contribution in [3.8, 4) is 11.5 Å². The van der Waals surface area contributed by atoms with Crippen LogP contribution in [-0.2, 0) is 0 Å². The van der Waals surface area contributed by atoms with E-state index in [0.717, 1.165) is 30.5 Å². The number of hydrogen-bond acceptors (Lipinski definition) is 5. The summed E-state index contributed by atoms with van der Waals surface area (Å²) in [5, 5.41) is 9.02. The third-order valence-corrected chi connectivity index (χ3v) is 6.26. The van der Waals surface area contributed by atoms with Crippen molar-refractivity contribution < 1.29 is 9.47 Å². The van der Waals surface area contributed by atoms with E-state index in [1.165, 1.54) is 17.7 Å². The molecule has 0 amide bonds. The van der Waals surface area contributed by atoms with Crippen molar-refractivity contribution in [2.45, 2.75) is 18.9 Å². The van der Waals surface area contributed by atoms with E-state index >= 15 is 0 Å². The molecule has 29 heavy (non-hydrogen) atoms. The Balaban J connectivity index is 1.43. The Morgan fingerprint density at radius 2 is 2.00 bits per heavy atom. The molecule has 3 rings (SSSR count). The Morgan fingerprint density at radius 3 is 2.69 bits per heavy atom. The van der Waals surface area contributed by atoms with Gasteiger partial charge in [0.2, 0.25) is 0 Å². The van der Waals surface area contributed by atoms with Gasteiger partial charge in [-0.1, -0.05) is 6.07 Å². The largest absolute Gasteiger partial charge is 0.497 e. The molecular weight excluding hydrogens is 384 g/mol. The molecule has 2 unspecified atom stereocenters. The Kier molecular flexibility index (Phi) is 8.19. The molecule has 2 N–H and O–H groups in total. The molecule has 1 fully saturated rings. The Bertz CT molecular complexity index is 749. The molecule has 1 aromatic carbocycles. The maximum absolute atomic E-state index is 5.77. The van der Waals surface area contributed by atoms with Gasteiger partial charge in [-0.25, -0.2) is 0 Å². The SMILES string of the molecule is CN=C(NCCOc1ccc(OC)cc1)NCC1CCCN(C)C1c1cccs1. The lowest BCUT2D eigenvalue weighted by molar-refractivity contribution is 0.125. The van der Waals surface area contributed by atoms with Gasteiger partial charge >= 0.3 is 0 Å².